The first kappa shape index (κ1) is 19.9. The molecule has 1 aromatic carbocycles. The topological polar surface area (TPSA) is 93.5 Å². The van der Waals surface area contributed by atoms with Crippen LogP contribution in [-0.4, -0.2) is 37.1 Å². The van der Waals surface area contributed by atoms with E-state index in [-0.39, 0.29) is 36.9 Å². The van der Waals surface area contributed by atoms with Crippen LogP contribution in [0, 0.1) is 6.92 Å². The summed E-state index contributed by atoms with van der Waals surface area (Å²) in [6.45, 7) is 2.23. The minimum absolute atomic E-state index is 0. The van der Waals surface area contributed by atoms with Crippen molar-refractivity contribution in [3.63, 3.8) is 0 Å². The maximum atomic E-state index is 11.9. The number of nitrogens with two attached hydrogens (primary N) is 1. The average molecular weight is 407 g/mol. The van der Waals surface area contributed by atoms with Gasteiger partial charge < -0.3 is 21.1 Å². The Morgan fingerprint density at radius 2 is 2.13 bits per heavy atom. The summed E-state index contributed by atoms with van der Waals surface area (Å²) in [6.07, 6.45) is 0.848. The Morgan fingerprint density at radius 1 is 1.39 bits per heavy atom. The van der Waals surface area contributed by atoms with Gasteiger partial charge in [-0.1, -0.05) is 22.0 Å². The molecular weight excluding hydrogens is 386 g/mol. The van der Waals surface area contributed by atoms with Gasteiger partial charge in [-0.2, -0.15) is 0 Å². The highest BCUT2D eigenvalue weighted by atomic mass is 79.9. The van der Waals surface area contributed by atoms with E-state index in [4.69, 9.17) is 10.5 Å². The first-order valence-corrected chi connectivity index (χ1v) is 7.98. The molecule has 0 aromatic heterocycles. The summed E-state index contributed by atoms with van der Waals surface area (Å²) in [7, 11) is 0. The molecule has 6 nitrogen and oxygen atoms in total. The Bertz CT molecular complexity index is 571. The predicted molar refractivity (Wildman–Crippen MR) is 94.7 cm³/mol. The van der Waals surface area contributed by atoms with Gasteiger partial charge in [0.1, 0.15) is 6.10 Å². The summed E-state index contributed by atoms with van der Waals surface area (Å²) in [5.41, 5.74) is 7.17. The highest BCUT2D eigenvalue weighted by Gasteiger charge is 2.29. The molecule has 0 radical (unpaired) electrons. The molecule has 1 saturated heterocycles. The van der Waals surface area contributed by atoms with Crippen LogP contribution in [0.1, 0.15) is 18.4 Å². The Kier molecular flexibility index (Phi) is 7.98. The van der Waals surface area contributed by atoms with Crippen LogP contribution in [0.2, 0.25) is 0 Å². The number of nitrogens with one attached hydrogen (secondary N) is 2. The number of anilines is 1. The molecule has 1 fully saturated rings. The van der Waals surface area contributed by atoms with Gasteiger partial charge in [-0.3, -0.25) is 9.59 Å². The van der Waals surface area contributed by atoms with Crippen molar-refractivity contribution in [2.45, 2.75) is 32.0 Å². The molecule has 2 rings (SSSR count). The van der Waals surface area contributed by atoms with Crippen LogP contribution in [-0.2, 0) is 14.3 Å². The largest absolute Gasteiger partial charge is 0.364 e. The van der Waals surface area contributed by atoms with E-state index in [1.165, 1.54) is 0 Å². The number of carbonyl (C=O) groups is 2. The van der Waals surface area contributed by atoms with Gasteiger partial charge in [0.05, 0.1) is 12.6 Å². The molecule has 0 bridgehead atoms. The smallest absolute Gasteiger partial charge is 0.249 e. The molecule has 2 atom stereocenters. The second kappa shape index (κ2) is 9.22. The molecule has 23 heavy (non-hydrogen) atoms. The van der Waals surface area contributed by atoms with Crippen LogP contribution in [0.25, 0.3) is 0 Å². The molecule has 4 N–H and O–H groups in total. The lowest BCUT2D eigenvalue weighted by atomic mass is 10.2. The van der Waals surface area contributed by atoms with Crippen molar-refractivity contribution in [3.05, 3.63) is 28.2 Å². The molecule has 1 aliphatic rings. The van der Waals surface area contributed by atoms with E-state index in [9.17, 15) is 9.59 Å². The summed E-state index contributed by atoms with van der Waals surface area (Å²) < 4.78 is 6.36. The first-order chi connectivity index (χ1) is 10.5. The van der Waals surface area contributed by atoms with Gasteiger partial charge in [0, 0.05) is 16.7 Å². The van der Waals surface area contributed by atoms with E-state index in [1.54, 1.807) is 0 Å². The van der Waals surface area contributed by atoms with Crippen molar-refractivity contribution in [2.24, 2.45) is 5.73 Å². The van der Waals surface area contributed by atoms with Crippen molar-refractivity contribution >= 4 is 45.8 Å². The molecule has 2 amide bonds. The average Bonchev–Trinajstić information content (AvgIpc) is 2.97. The predicted octanol–water partition coefficient (Wildman–Crippen LogP) is 1.74. The van der Waals surface area contributed by atoms with E-state index in [2.05, 4.69) is 26.6 Å². The van der Waals surface area contributed by atoms with Gasteiger partial charge in [0.15, 0.2) is 0 Å². The second-order valence-corrected chi connectivity index (χ2v) is 6.20. The number of aryl methyl sites for hydroxylation is 1. The van der Waals surface area contributed by atoms with Crippen molar-refractivity contribution in [1.82, 2.24) is 5.32 Å². The van der Waals surface area contributed by atoms with E-state index in [0.717, 1.165) is 16.5 Å². The zero-order chi connectivity index (χ0) is 16.1. The van der Waals surface area contributed by atoms with Gasteiger partial charge in [-0.05, 0) is 37.5 Å². The zero-order valence-corrected chi connectivity index (χ0v) is 15.2. The fraction of sp³-hybridized carbons (Fsp3) is 0.467. The lowest BCUT2D eigenvalue weighted by Crippen LogP contribution is -2.39. The summed E-state index contributed by atoms with van der Waals surface area (Å²) >= 11 is 3.36. The van der Waals surface area contributed by atoms with E-state index < -0.39 is 6.10 Å². The van der Waals surface area contributed by atoms with Crippen LogP contribution in [0.4, 0.5) is 5.69 Å². The van der Waals surface area contributed by atoms with Crippen molar-refractivity contribution in [2.75, 3.05) is 18.4 Å². The minimum Gasteiger partial charge on any atom is -0.364 e. The van der Waals surface area contributed by atoms with E-state index in [0.29, 0.717) is 18.7 Å². The number of halogens is 2. The minimum atomic E-state index is -0.506. The third-order valence-corrected chi connectivity index (χ3v) is 4.05. The highest BCUT2D eigenvalue weighted by Crippen LogP contribution is 2.21. The molecule has 0 spiro atoms. The monoisotopic (exact) mass is 405 g/mol. The second-order valence-electron chi connectivity index (χ2n) is 5.29. The first-order valence-electron chi connectivity index (χ1n) is 7.19. The Labute approximate surface area is 150 Å². The van der Waals surface area contributed by atoms with Gasteiger partial charge >= 0.3 is 0 Å². The lowest BCUT2D eigenvalue weighted by molar-refractivity contribution is -0.133. The van der Waals surface area contributed by atoms with Gasteiger partial charge in [0.2, 0.25) is 11.8 Å². The summed E-state index contributed by atoms with van der Waals surface area (Å²) in [5, 5.41) is 5.37. The molecule has 0 aliphatic carbocycles. The maximum absolute atomic E-state index is 11.9. The van der Waals surface area contributed by atoms with Crippen molar-refractivity contribution < 1.29 is 14.3 Å². The number of rotatable bonds is 5. The van der Waals surface area contributed by atoms with Crippen LogP contribution < -0.4 is 16.4 Å². The number of carbonyl (C=O) groups excluding carboxylic acids is 2. The number of ether oxygens (including phenoxy) is 1. The number of hydrogen-bond acceptors (Lipinski definition) is 4. The fourth-order valence-electron chi connectivity index (χ4n) is 2.28. The van der Waals surface area contributed by atoms with Crippen LogP contribution in [0.15, 0.2) is 22.7 Å². The van der Waals surface area contributed by atoms with Crippen molar-refractivity contribution in [1.29, 1.82) is 0 Å². The summed E-state index contributed by atoms with van der Waals surface area (Å²) in [6, 6.07) is 5.62. The van der Waals surface area contributed by atoms with Gasteiger partial charge in [0.25, 0.3) is 0 Å². The number of amides is 2. The number of hydrogen-bond donors (Lipinski definition) is 3. The molecule has 8 heteroatoms. The zero-order valence-electron chi connectivity index (χ0n) is 12.8. The number of benzene rings is 1. The third-order valence-electron chi connectivity index (χ3n) is 3.56. The Hall–Kier alpha value is -1.15. The van der Waals surface area contributed by atoms with Crippen molar-refractivity contribution in [3.8, 4) is 0 Å². The molecular formula is C15H21BrClN3O3. The van der Waals surface area contributed by atoms with Gasteiger partial charge in [-0.15, -0.1) is 12.4 Å². The fourth-order valence-corrected chi connectivity index (χ4v) is 2.64. The molecule has 1 heterocycles. The maximum Gasteiger partial charge on any atom is 0.249 e. The molecule has 0 saturated carbocycles. The SMILES string of the molecule is Cc1ccc(Br)cc1NC(=O)CNC(=O)[C@@H]1CC[C@H](CN)O1.Cl. The molecule has 0 unspecified atom stereocenters. The molecule has 128 valence electrons. The summed E-state index contributed by atoms with van der Waals surface area (Å²) in [5.74, 6) is -0.542. The van der Waals surface area contributed by atoms with Gasteiger partial charge in [-0.25, -0.2) is 0 Å². The summed E-state index contributed by atoms with van der Waals surface area (Å²) in [4.78, 5) is 23.8. The quantitative estimate of drug-likeness (QED) is 0.694. The van der Waals surface area contributed by atoms with Crippen LogP contribution >= 0.6 is 28.3 Å². The Balaban J connectivity index is 0.00000264. The van der Waals surface area contributed by atoms with Crippen LogP contribution in [0.3, 0.4) is 0 Å². The Morgan fingerprint density at radius 3 is 2.78 bits per heavy atom. The van der Waals surface area contributed by atoms with Crippen LogP contribution in [0.5, 0.6) is 0 Å². The van der Waals surface area contributed by atoms with E-state index in [1.807, 2.05) is 25.1 Å². The highest BCUT2D eigenvalue weighted by molar-refractivity contribution is 9.10. The third kappa shape index (κ3) is 5.76. The standard InChI is InChI=1S/C15H20BrN3O3.ClH/c1-9-2-3-10(16)6-12(9)19-14(20)8-18-15(21)13-5-4-11(7-17)22-13;/h2-3,6,11,13H,4-5,7-8,17H2,1H3,(H,18,21)(H,19,20);1H/t11-,13+;/m1./s1. The molecule has 1 aliphatic heterocycles. The lowest BCUT2D eigenvalue weighted by Gasteiger charge is -2.13. The van der Waals surface area contributed by atoms with E-state index >= 15 is 0 Å². The normalized spacial score (nSPS) is 19.8. The molecule has 1 aromatic rings.